The van der Waals surface area contributed by atoms with Crippen molar-refractivity contribution in [3.05, 3.63) is 66.5 Å². The lowest BCUT2D eigenvalue weighted by Gasteiger charge is -2.01. The van der Waals surface area contributed by atoms with Gasteiger partial charge in [0.15, 0.2) is 5.13 Å². The molecular formula is C19H15N3OS. The smallest absolute Gasteiger partial charge is 0.226 e. The van der Waals surface area contributed by atoms with E-state index >= 15 is 0 Å². The van der Waals surface area contributed by atoms with Crippen molar-refractivity contribution < 1.29 is 4.79 Å². The Bertz CT molecular complexity index is 1010. The maximum absolute atomic E-state index is 12.2. The van der Waals surface area contributed by atoms with Crippen LogP contribution in [0, 0.1) is 0 Å². The Kier molecular flexibility index (Phi) is 3.92. The highest BCUT2D eigenvalue weighted by molar-refractivity contribution is 7.23. The Morgan fingerprint density at radius 2 is 2.00 bits per heavy atom. The van der Waals surface area contributed by atoms with Crippen LogP contribution < -0.4 is 5.32 Å². The molecule has 4 rings (SSSR count). The standard InChI is InChI=1S/C19H15N3OS/c23-17(10-7-13-4-3-11-20-12-13)22-19-21-16-9-8-14-5-1-2-6-15(14)18(16)24-19/h1-6,8-9,11-12H,7,10H2,(H,21,22,23). The van der Waals surface area contributed by atoms with Crippen LogP contribution in [-0.2, 0) is 11.2 Å². The van der Waals surface area contributed by atoms with E-state index in [1.54, 1.807) is 12.4 Å². The van der Waals surface area contributed by atoms with E-state index in [1.165, 1.54) is 22.1 Å². The summed E-state index contributed by atoms with van der Waals surface area (Å²) in [6.45, 7) is 0. The van der Waals surface area contributed by atoms with Crippen LogP contribution in [0.1, 0.15) is 12.0 Å². The van der Waals surface area contributed by atoms with Crippen LogP contribution in [0.5, 0.6) is 0 Å². The number of amides is 1. The normalized spacial score (nSPS) is 11.0. The number of aromatic nitrogens is 2. The number of hydrogen-bond donors (Lipinski definition) is 1. The SMILES string of the molecule is O=C(CCc1cccnc1)Nc1nc2ccc3ccccc3c2s1. The number of carbonyl (C=O) groups is 1. The number of aryl methyl sites for hydroxylation is 1. The second kappa shape index (κ2) is 6.37. The van der Waals surface area contributed by atoms with Crippen LogP contribution in [0.4, 0.5) is 5.13 Å². The largest absolute Gasteiger partial charge is 0.302 e. The number of benzene rings is 2. The average molecular weight is 333 g/mol. The lowest BCUT2D eigenvalue weighted by molar-refractivity contribution is -0.116. The molecular weight excluding hydrogens is 318 g/mol. The van der Waals surface area contributed by atoms with Gasteiger partial charge < -0.3 is 5.32 Å². The Hall–Kier alpha value is -2.79. The van der Waals surface area contributed by atoms with Crippen molar-refractivity contribution in [2.75, 3.05) is 5.32 Å². The Morgan fingerprint density at radius 3 is 2.88 bits per heavy atom. The first-order valence-electron chi connectivity index (χ1n) is 7.77. The van der Waals surface area contributed by atoms with Crippen molar-refractivity contribution in [2.45, 2.75) is 12.8 Å². The maximum atomic E-state index is 12.2. The highest BCUT2D eigenvalue weighted by Crippen LogP contribution is 2.32. The molecule has 0 saturated heterocycles. The number of pyridine rings is 1. The monoisotopic (exact) mass is 333 g/mol. The number of carbonyl (C=O) groups excluding carboxylic acids is 1. The second-order valence-corrected chi connectivity index (χ2v) is 6.56. The van der Waals surface area contributed by atoms with Gasteiger partial charge >= 0.3 is 0 Å². The first-order valence-corrected chi connectivity index (χ1v) is 8.58. The first kappa shape index (κ1) is 14.8. The van der Waals surface area contributed by atoms with Crippen LogP contribution in [0.25, 0.3) is 21.0 Å². The minimum Gasteiger partial charge on any atom is -0.302 e. The Balaban J connectivity index is 1.52. The van der Waals surface area contributed by atoms with E-state index in [1.807, 2.05) is 30.3 Å². The number of rotatable bonds is 4. The molecule has 1 amide bonds. The van der Waals surface area contributed by atoms with E-state index in [0.717, 1.165) is 15.8 Å². The minimum atomic E-state index is -0.0257. The molecule has 4 aromatic rings. The van der Waals surface area contributed by atoms with Crippen LogP contribution in [0.3, 0.4) is 0 Å². The van der Waals surface area contributed by atoms with Gasteiger partial charge in [0.1, 0.15) is 0 Å². The number of thiazole rings is 1. The third-order valence-corrected chi connectivity index (χ3v) is 4.91. The summed E-state index contributed by atoms with van der Waals surface area (Å²) in [6, 6.07) is 16.1. The number of anilines is 1. The number of nitrogens with one attached hydrogen (secondary N) is 1. The maximum Gasteiger partial charge on any atom is 0.226 e. The molecule has 0 radical (unpaired) electrons. The molecule has 2 aromatic heterocycles. The number of nitrogens with zero attached hydrogens (tertiary/aromatic N) is 2. The van der Waals surface area contributed by atoms with Crippen molar-refractivity contribution in [3.8, 4) is 0 Å². The fraction of sp³-hybridized carbons (Fsp3) is 0.105. The molecule has 0 aliphatic heterocycles. The first-order chi connectivity index (χ1) is 11.8. The van der Waals surface area contributed by atoms with Crippen LogP contribution >= 0.6 is 11.3 Å². The van der Waals surface area contributed by atoms with E-state index in [4.69, 9.17) is 0 Å². The predicted octanol–water partition coefficient (Wildman–Crippen LogP) is 4.42. The van der Waals surface area contributed by atoms with E-state index in [9.17, 15) is 4.79 Å². The highest BCUT2D eigenvalue weighted by Gasteiger charge is 2.10. The fourth-order valence-electron chi connectivity index (χ4n) is 2.69. The summed E-state index contributed by atoms with van der Waals surface area (Å²) in [6.07, 6.45) is 4.61. The summed E-state index contributed by atoms with van der Waals surface area (Å²) in [5.41, 5.74) is 1.98. The van der Waals surface area contributed by atoms with Gasteiger partial charge in [0.25, 0.3) is 0 Å². The topological polar surface area (TPSA) is 54.9 Å². The quantitative estimate of drug-likeness (QED) is 0.601. The average Bonchev–Trinajstić information content (AvgIpc) is 3.04. The molecule has 0 fully saturated rings. The molecule has 1 N–H and O–H groups in total. The van der Waals surface area contributed by atoms with Crippen molar-refractivity contribution >= 4 is 43.4 Å². The van der Waals surface area contributed by atoms with Gasteiger partial charge in [0.05, 0.1) is 10.2 Å². The molecule has 0 spiro atoms. The zero-order valence-electron chi connectivity index (χ0n) is 12.9. The third-order valence-electron chi connectivity index (χ3n) is 3.89. The van der Waals surface area contributed by atoms with Crippen molar-refractivity contribution in [1.82, 2.24) is 9.97 Å². The van der Waals surface area contributed by atoms with Gasteiger partial charge in [-0.2, -0.15) is 0 Å². The molecule has 0 saturated carbocycles. The summed E-state index contributed by atoms with van der Waals surface area (Å²) in [4.78, 5) is 20.8. The zero-order chi connectivity index (χ0) is 16.4. The summed E-state index contributed by atoms with van der Waals surface area (Å²) < 4.78 is 1.11. The van der Waals surface area contributed by atoms with Crippen LogP contribution in [0.15, 0.2) is 60.9 Å². The molecule has 4 nitrogen and oxygen atoms in total. The van der Waals surface area contributed by atoms with Gasteiger partial charge in [-0.05, 0) is 29.5 Å². The van der Waals surface area contributed by atoms with E-state index in [0.29, 0.717) is 18.0 Å². The van der Waals surface area contributed by atoms with Gasteiger partial charge in [-0.15, -0.1) is 0 Å². The molecule has 0 aliphatic rings. The van der Waals surface area contributed by atoms with Gasteiger partial charge in [0.2, 0.25) is 5.91 Å². The summed E-state index contributed by atoms with van der Waals surface area (Å²) in [5, 5.41) is 5.92. The molecule has 5 heteroatoms. The molecule has 24 heavy (non-hydrogen) atoms. The number of fused-ring (bicyclic) bond motifs is 3. The number of hydrogen-bond acceptors (Lipinski definition) is 4. The Morgan fingerprint density at radius 1 is 1.08 bits per heavy atom. The van der Waals surface area contributed by atoms with Crippen LogP contribution in [-0.4, -0.2) is 15.9 Å². The molecule has 2 heterocycles. The summed E-state index contributed by atoms with van der Waals surface area (Å²) in [5.74, 6) is -0.0257. The van der Waals surface area contributed by atoms with Crippen molar-refractivity contribution in [1.29, 1.82) is 0 Å². The third kappa shape index (κ3) is 2.98. The van der Waals surface area contributed by atoms with E-state index in [-0.39, 0.29) is 5.91 Å². The Labute approximate surface area is 143 Å². The lowest BCUT2D eigenvalue weighted by Crippen LogP contribution is -2.12. The van der Waals surface area contributed by atoms with E-state index in [2.05, 4.69) is 33.5 Å². The van der Waals surface area contributed by atoms with E-state index < -0.39 is 0 Å². The highest BCUT2D eigenvalue weighted by atomic mass is 32.1. The van der Waals surface area contributed by atoms with Gasteiger partial charge in [-0.3, -0.25) is 9.78 Å². The molecule has 0 bridgehead atoms. The molecule has 0 atom stereocenters. The lowest BCUT2D eigenvalue weighted by atomic mass is 10.1. The van der Waals surface area contributed by atoms with Crippen LogP contribution in [0.2, 0.25) is 0 Å². The van der Waals surface area contributed by atoms with Gasteiger partial charge in [-0.25, -0.2) is 4.98 Å². The minimum absolute atomic E-state index is 0.0257. The zero-order valence-corrected chi connectivity index (χ0v) is 13.7. The van der Waals surface area contributed by atoms with Crippen molar-refractivity contribution in [3.63, 3.8) is 0 Å². The summed E-state index contributed by atoms with van der Waals surface area (Å²) >= 11 is 1.52. The molecule has 0 unspecified atom stereocenters. The van der Waals surface area contributed by atoms with Crippen molar-refractivity contribution in [2.24, 2.45) is 0 Å². The van der Waals surface area contributed by atoms with Gasteiger partial charge in [0, 0.05) is 24.2 Å². The molecule has 0 aliphatic carbocycles. The molecule has 118 valence electrons. The summed E-state index contributed by atoms with van der Waals surface area (Å²) in [7, 11) is 0. The molecule has 2 aromatic carbocycles. The van der Waals surface area contributed by atoms with Gasteiger partial charge in [-0.1, -0.05) is 47.7 Å². The predicted molar refractivity (Wildman–Crippen MR) is 98.3 cm³/mol. The fourth-order valence-corrected chi connectivity index (χ4v) is 3.71. The second-order valence-electron chi connectivity index (χ2n) is 5.56.